The van der Waals surface area contributed by atoms with E-state index in [1.165, 1.54) is 26.2 Å². The first-order valence-electron chi connectivity index (χ1n) is 12.4. The molecule has 0 aromatic heterocycles. The number of halogens is 1. The normalized spacial score (nSPS) is 18.5. The molecule has 2 aromatic rings. The van der Waals surface area contributed by atoms with Gasteiger partial charge in [-0.1, -0.05) is 12.1 Å². The zero-order valence-corrected chi connectivity index (χ0v) is 24.2. The SMILES string of the molecule is COc1cccc(CCN(C(C)=O)C2CC(C(=O)NCCO)=CC(Oc3c(I)cc(C=O)cc3OC)C2O)c1. The van der Waals surface area contributed by atoms with Crippen molar-refractivity contribution in [1.29, 1.82) is 0 Å². The maximum atomic E-state index is 12.9. The van der Waals surface area contributed by atoms with Gasteiger partial charge in [0.15, 0.2) is 11.5 Å². The van der Waals surface area contributed by atoms with Crippen LogP contribution in [-0.2, 0) is 16.0 Å². The topological polar surface area (TPSA) is 135 Å². The van der Waals surface area contributed by atoms with Crippen LogP contribution in [0.2, 0.25) is 0 Å². The summed E-state index contributed by atoms with van der Waals surface area (Å²) in [5.74, 6) is 0.594. The highest BCUT2D eigenvalue weighted by Crippen LogP contribution is 2.37. The third kappa shape index (κ3) is 7.70. The molecule has 3 atom stereocenters. The molecule has 0 fully saturated rings. The first-order chi connectivity index (χ1) is 18.7. The Hall–Kier alpha value is -3.16. The van der Waals surface area contributed by atoms with Gasteiger partial charge in [0.05, 0.1) is 30.4 Å². The minimum atomic E-state index is -1.18. The smallest absolute Gasteiger partial charge is 0.247 e. The summed E-state index contributed by atoms with van der Waals surface area (Å²) < 4.78 is 17.5. The minimum Gasteiger partial charge on any atom is -0.497 e. The Labute approximate surface area is 241 Å². The second-order valence-corrected chi connectivity index (χ2v) is 10.1. The number of nitrogens with one attached hydrogen (secondary N) is 1. The fourth-order valence-electron chi connectivity index (χ4n) is 4.47. The Bertz CT molecular complexity index is 1220. The molecule has 0 saturated carbocycles. The molecule has 210 valence electrons. The van der Waals surface area contributed by atoms with E-state index in [0.717, 1.165) is 5.56 Å². The van der Waals surface area contributed by atoms with Crippen molar-refractivity contribution in [1.82, 2.24) is 10.2 Å². The molecule has 0 bridgehead atoms. The van der Waals surface area contributed by atoms with Crippen molar-refractivity contribution in [2.24, 2.45) is 0 Å². The van der Waals surface area contributed by atoms with Gasteiger partial charge in [-0.2, -0.15) is 0 Å². The van der Waals surface area contributed by atoms with Gasteiger partial charge in [0, 0.05) is 37.6 Å². The highest BCUT2D eigenvalue weighted by Gasteiger charge is 2.40. The lowest BCUT2D eigenvalue weighted by Crippen LogP contribution is -2.55. The molecule has 0 aliphatic heterocycles. The van der Waals surface area contributed by atoms with Crippen molar-refractivity contribution in [3.05, 3.63) is 62.7 Å². The van der Waals surface area contributed by atoms with Crippen molar-refractivity contribution in [2.75, 3.05) is 33.9 Å². The summed E-state index contributed by atoms with van der Waals surface area (Å²) in [6.07, 6.45) is 0.615. The number of amides is 2. The van der Waals surface area contributed by atoms with Gasteiger partial charge in [-0.15, -0.1) is 0 Å². The summed E-state index contributed by atoms with van der Waals surface area (Å²) in [5.41, 5.74) is 1.66. The molecular formula is C28H33IN2O8. The predicted molar refractivity (Wildman–Crippen MR) is 152 cm³/mol. The number of nitrogens with zero attached hydrogens (tertiary/aromatic N) is 1. The van der Waals surface area contributed by atoms with Crippen LogP contribution in [0.5, 0.6) is 17.2 Å². The highest BCUT2D eigenvalue weighted by molar-refractivity contribution is 14.1. The van der Waals surface area contributed by atoms with Gasteiger partial charge >= 0.3 is 0 Å². The summed E-state index contributed by atoms with van der Waals surface area (Å²) in [6, 6.07) is 9.87. The van der Waals surface area contributed by atoms with E-state index in [1.54, 1.807) is 18.1 Å². The van der Waals surface area contributed by atoms with Crippen LogP contribution in [-0.4, -0.2) is 85.4 Å². The number of carbonyl (C=O) groups excluding carboxylic acids is 3. The van der Waals surface area contributed by atoms with E-state index in [9.17, 15) is 19.5 Å². The summed E-state index contributed by atoms with van der Waals surface area (Å²) in [5, 5.41) is 23.3. The van der Waals surface area contributed by atoms with Gasteiger partial charge in [-0.3, -0.25) is 14.4 Å². The van der Waals surface area contributed by atoms with Crippen LogP contribution in [0, 0.1) is 3.57 Å². The number of ether oxygens (including phenoxy) is 3. The molecule has 11 heteroatoms. The quantitative estimate of drug-likeness (QED) is 0.235. The second-order valence-electron chi connectivity index (χ2n) is 8.98. The van der Waals surface area contributed by atoms with Crippen LogP contribution in [0.1, 0.15) is 29.3 Å². The average molecular weight is 652 g/mol. The molecule has 1 aliphatic rings. The zero-order chi connectivity index (χ0) is 28.5. The molecular weight excluding hydrogens is 619 g/mol. The van der Waals surface area contributed by atoms with Crippen LogP contribution >= 0.6 is 22.6 Å². The van der Waals surface area contributed by atoms with Crippen molar-refractivity contribution in [3.63, 3.8) is 0 Å². The largest absolute Gasteiger partial charge is 0.497 e. The fraction of sp³-hybridized carbons (Fsp3) is 0.393. The molecule has 10 nitrogen and oxygen atoms in total. The predicted octanol–water partition coefficient (Wildman–Crippen LogP) is 2.13. The van der Waals surface area contributed by atoms with Crippen molar-refractivity contribution >= 4 is 40.7 Å². The van der Waals surface area contributed by atoms with Gasteiger partial charge in [-0.05, 0) is 64.9 Å². The molecule has 3 unspecified atom stereocenters. The number of aliphatic hydroxyl groups is 2. The Morgan fingerprint density at radius 3 is 2.62 bits per heavy atom. The van der Waals surface area contributed by atoms with Gasteiger partial charge in [-0.25, -0.2) is 0 Å². The fourth-order valence-corrected chi connectivity index (χ4v) is 5.22. The Morgan fingerprint density at radius 1 is 1.21 bits per heavy atom. The van der Waals surface area contributed by atoms with Crippen molar-refractivity contribution in [2.45, 2.75) is 38.0 Å². The molecule has 3 rings (SSSR count). The lowest BCUT2D eigenvalue weighted by atomic mass is 9.88. The molecule has 39 heavy (non-hydrogen) atoms. The van der Waals surface area contributed by atoms with E-state index in [1.807, 2.05) is 46.9 Å². The number of aliphatic hydroxyl groups excluding tert-OH is 2. The van der Waals surface area contributed by atoms with Crippen LogP contribution < -0.4 is 19.5 Å². The molecule has 0 spiro atoms. The summed E-state index contributed by atoms with van der Waals surface area (Å²) in [7, 11) is 3.02. The van der Waals surface area contributed by atoms with E-state index in [4.69, 9.17) is 19.3 Å². The molecule has 0 heterocycles. The number of aldehydes is 1. The Kier molecular flexibility index (Phi) is 11.1. The van der Waals surface area contributed by atoms with Gasteiger partial charge in [0.2, 0.25) is 11.8 Å². The van der Waals surface area contributed by atoms with Gasteiger partial charge in [0.25, 0.3) is 0 Å². The monoisotopic (exact) mass is 652 g/mol. The number of benzene rings is 2. The Balaban J connectivity index is 1.94. The Morgan fingerprint density at radius 2 is 1.97 bits per heavy atom. The standard InChI is InChI=1S/C28H33IN2O8/c1-17(34)31(9-7-18-5-4-6-21(11-18)37-2)23-14-20(28(36)30-8-10-32)15-24(26(23)35)39-27-22(29)12-19(16-33)13-25(27)38-3/h4-6,11-13,15-16,23-24,26,32,35H,7-10,14H2,1-3H3,(H,30,36). The number of rotatable bonds is 12. The van der Waals surface area contributed by atoms with E-state index >= 15 is 0 Å². The van der Waals surface area contributed by atoms with E-state index < -0.39 is 24.2 Å². The lowest BCUT2D eigenvalue weighted by molar-refractivity contribution is -0.136. The number of hydrogen-bond donors (Lipinski definition) is 3. The number of methoxy groups -OCH3 is 2. The maximum Gasteiger partial charge on any atom is 0.247 e. The van der Waals surface area contributed by atoms with Crippen LogP contribution in [0.4, 0.5) is 0 Å². The van der Waals surface area contributed by atoms with Gasteiger partial charge in [0.1, 0.15) is 24.2 Å². The maximum absolute atomic E-state index is 12.9. The van der Waals surface area contributed by atoms with Crippen molar-refractivity contribution < 1.29 is 38.8 Å². The summed E-state index contributed by atoms with van der Waals surface area (Å²) in [4.78, 5) is 38.6. The third-order valence-electron chi connectivity index (χ3n) is 6.44. The summed E-state index contributed by atoms with van der Waals surface area (Å²) in [6.45, 7) is 1.53. The molecule has 2 aromatic carbocycles. The first kappa shape index (κ1) is 30.4. The second kappa shape index (κ2) is 14.3. The lowest BCUT2D eigenvalue weighted by Gasteiger charge is -2.40. The molecule has 1 aliphatic carbocycles. The van der Waals surface area contributed by atoms with Crippen LogP contribution in [0.25, 0.3) is 0 Å². The average Bonchev–Trinajstić information content (AvgIpc) is 2.94. The minimum absolute atomic E-state index is 0.0556. The van der Waals surface area contributed by atoms with E-state index in [-0.39, 0.29) is 32.0 Å². The molecule has 0 saturated heterocycles. The number of carbonyl (C=O) groups is 3. The first-order valence-corrected chi connectivity index (χ1v) is 13.5. The molecule has 0 radical (unpaired) electrons. The van der Waals surface area contributed by atoms with Gasteiger partial charge < -0.3 is 34.6 Å². The van der Waals surface area contributed by atoms with Crippen LogP contribution in [0.3, 0.4) is 0 Å². The highest BCUT2D eigenvalue weighted by atomic mass is 127. The molecule has 3 N–H and O–H groups in total. The van der Waals surface area contributed by atoms with Crippen molar-refractivity contribution in [3.8, 4) is 17.2 Å². The zero-order valence-electron chi connectivity index (χ0n) is 22.1. The van der Waals surface area contributed by atoms with E-state index in [0.29, 0.717) is 44.7 Å². The summed E-state index contributed by atoms with van der Waals surface area (Å²) >= 11 is 2.01. The van der Waals surface area contributed by atoms with Crippen LogP contribution in [0.15, 0.2) is 48.0 Å². The van der Waals surface area contributed by atoms with E-state index in [2.05, 4.69) is 5.32 Å². The third-order valence-corrected chi connectivity index (χ3v) is 7.24. The molecule has 2 amide bonds. The number of hydrogen-bond acceptors (Lipinski definition) is 8.